The molecule has 0 unspecified atom stereocenters. The number of hydrogen-bond donors (Lipinski definition) is 1. The van der Waals surface area contributed by atoms with Crippen LogP contribution >= 0.6 is 23.1 Å². The first kappa shape index (κ1) is 20.1. The predicted octanol–water partition coefficient (Wildman–Crippen LogP) is 4.59. The highest BCUT2D eigenvalue weighted by atomic mass is 32.2. The summed E-state index contributed by atoms with van der Waals surface area (Å²) in [7, 11) is 1.60. The standard InChI is InChI=1S/C21H19N5O2S2/c1-14-5-3-4-6-17(14)26-12-11-22-21(26)29-13-18-24-25-20(30-18)19(27)23-15-7-9-16(28-2)10-8-15/h3-12H,13H2,1-2H3,(H,23,27). The van der Waals surface area contributed by atoms with Gasteiger partial charge in [-0.3, -0.25) is 9.36 Å². The molecule has 1 amide bonds. The second-order valence-corrected chi connectivity index (χ2v) is 8.34. The molecule has 2 aromatic heterocycles. The van der Waals surface area contributed by atoms with Gasteiger partial charge in [0, 0.05) is 18.1 Å². The van der Waals surface area contributed by atoms with Crippen molar-refractivity contribution < 1.29 is 9.53 Å². The van der Waals surface area contributed by atoms with Crippen LogP contribution in [0, 0.1) is 6.92 Å². The van der Waals surface area contributed by atoms with Crippen LogP contribution in [0.25, 0.3) is 5.69 Å². The van der Waals surface area contributed by atoms with E-state index in [-0.39, 0.29) is 5.91 Å². The number of ether oxygens (including phenoxy) is 1. The number of amides is 1. The molecule has 0 spiro atoms. The van der Waals surface area contributed by atoms with Crippen LogP contribution < -0.4 is 10.1 Å². The monoisotopic (exact) mass is 437 g/mol. The summed E-state index contributed by atoms with van der Waals surface area (Å²) in [6.45, 7) is 2.07. The number of thioether (sulfide) groups is 1. The molecule has 4 aromatic rings. The minimum atomic E-state index is -0.282. The van der Waals surface area contributed by atoms with E-state index in [1.54, 1.807) is 49.3 Å². The van der Waals surface area contributed by atoms with Crippen molar-refractivity contribution in [3.8, 4) is 11.4 Å². The quantitative estimate of drug-likeness (QED) is 0.426. The summed E-state index contributed by atoms with van der Waals surface area (Å²) in [5.41, 5.74) is 2.94. The van der Waals surface area contributed by atoms with E-state index < -0.39 is 0 Å². The average molecular weight is 438 g/mol. The van der Waals surface area contributed by atoms with E-state index in [9.17, 15) is 4.79 Å². The Bertz CT molecular complexity index is 1150. The van der Waals surface area contributed by atoms with Gasteiger partial charge in [-0.1, -0.05) is 41.3 Å². The zero-order chi connectivity index (χ0) is 20.9. The number of imidazole rings is 1. The van der Waals surface area contributed by atoms with Crippen LogP contribution in [-0.2, 0) is 5.75 Å². The Morgan fingerprint density at radius 1 is 1.17 bits per heavy atom. The van der Waals surface area contributed by atoms with Gasteiger partial charge in [0.15, 0.2) is 5.16 Å². The van der Waals surface area contributed by atoms with Crippen LogP contribution in [0.15, 0.2) is 66.1 Å². The van der Waals surface area contributed by atoms with Gasteiger partial charge >= 0.3 is 0 Å². The molecule has 30 heavy (non-hydrogen) atoms. The van der Waals surface area contributed by atoms with Crippen LogP contribution in [0.5, 0.6) is 5.75 Å². The molecule has 0 aliphatic rings. The van der Waals surface area contributed by atoms with Crippen molar-refractivity contribution >= 4 is 34.7 Å². The molecule has 9 heteroatoms. The third kappa shape index (κ3) is 4.52. The van der Waals surface area contributed by atoms with E-state index in [2.05, 4.69) is 44.1 Å². The van der Waals surface area contributed by atoms with Crippen LogP contribution in [0.2, 0.25) is 0 Å². The Balaban J connectivity index is 1.40. The molecule has 0 bridgehead atoms. The van der Waals surface area contributed by atoms with Gasteiger partial charge in [-0.2, -0.15) is 0 Å². The number of methoxy groups -OCH3 is 1. The molecule has 0 fully saturated rings. The number of nitrogens with zero attached hydrogens (tertiary/aromatic N) is 4. The van der Waals surface area contributed by atoms with Crippen LogP contribution in [0.1, 0.15) is 20.4 Å². The molecule has 0 saturated heterocycles. The third-order valence-electron chi connectivity index (χ3n) is 4.32. The Morgan fingerprint density at radius 2 is 1.97 bits per heavy atom. The zero-order valence-electron chi connectivity index (χ0n) is 16.4. The SMILES string of the molecule is COc1ccc(NC(=O)c2nnc(CSc3nccn3-c3ccccc3C)s2)cc1. The molecular formula is C21H19N5O2S2. The molecule has 2 aromatic carbocycles. The van der Waals surface area contributed by atoms with Gasteiger partial charge in [0.2, 0.25) is 5.01 Å². The van der Waals surface area contributed by atoms with Crippen molar-refractivity contribution in [2.75, 3.05) is 12.4 Å². The van der Waals surface area contributed by atoms with Gasteiger partial charge in [0.05, 0.1) is 18.6 Å². The lowest BCUT2D eigenvalue weighted by atomic mass is 10.2. The molecule has 0 aliphatic carbocycles. The topological polar surface area (TPSA) is 81.9 Å². The van der Waals surface area contributed by atoms with E-state index in [4.69, 9.17) is 4.74 Å². The Kier molecular flexibility index (Phi) is 6.10. The molecule has 7 nitrogen and oxygen atoms in total. The lowest BCUT2D eigenvalue weighted by Gasteiger charge is -2.09. The highest BCUT2D eigenvalue weighted by Crippen LogP contribution is 2.27. The molecule has 0 atom stereocenters. The number of carbonyl (C=O) groups is 1. The minimum Gasteiger partial charge on any atom is -0.497 e. The van der Waals surface area contributed by atoms with Crippen molar-refractivity contribution in [1.82, 2.24) is 19.7 Å². The number of benzene rings is 2. The fourth-order valence-electron chi connectivity index (χ4n) is 2.80. The Labute approximate surface area is 182 Å². The van der Waals surface area contributed by atoms with E-state index in [1.807, 2.05) is 18.3 Å². The largest absolute Gasteiger partial charge is 0.497 e. The first-order valence-corrected chi connectivity index (χ1v) is 10.9. The summed E-state index contributed by atoms with van der Waals surface area (Å²) >= 11 is 2.84. The number of rotatable bonds is 7. The highest BCUT2D eigenvalue weighted by Gasteiger charge is 2.15. The van der Waals surface area contributed by atoms with Gasteiger partial charge in [-0.25, -0.2) is 4.98 Å². The molecule has 4 rings (SSSR count). The van der Waals surface area contributed by atoms with Crippen LogP contribution in [0.3, 0.4) is 0 Å². The summed E-state index contributed by atoms with van der Waals surface area (Å²) in [6.07, 6.45) is 3.72. The average Bonchev–Trinajstić information content (AvgIpc) is 3.43. The zero-order valence-corrected chi connectivity index (χ0v) is 18.0. The maximum Gasteiger partial charge on any atom is 0.286 e. The third-order valence-corrected chi connectivity index (χ3v) is 6.40. The van der Waals surface area contributed by atoms with Gasteiger partial charge in [0.1, 0.15) is 10.8 Å². The smallest absolute Gasteiger partial charge is 0.286 e. The Morgan fingerprint density at radius 3 is 2.73 bits per heavy atom. The van der Waals surface area contributed by atoms with Gasteiger partial charge < -0.3 is 10.1 Å². The van der Waals surface area contributed by atoms with Crippen LogP contribution in [0.4, 0.5) is 5.69 Å². The summed E-state index contributed by atoms with van der Waals surface area (Å²) in [5.74, 6) is 1.03. The number of aryl methyl sites for hydroxylation is 1. The lowest BCUT2D eigenvalue weighted by molar-refractivity contribution is 0.102. The first-order chi connectivity index (χ1) is 14.6. The molecule has 152 valence electrons. The number of nitrogens with one attached hydrogen (secondary N) is 1. The van der Waals surface area contributed by atoms with Gasteiger partial charge in [-0.05, 0) is 42.8 Å². The molecular weight excluding hydrogens is 418 g/mol. The number of para-hydroxylation sites is 1. The maximum atomic E-state index is 12.4. The fraction of sp³-hybridized carbons (Fsp3) is 0.143. The van der Waals surface area contributed by atoms with Gasteiger partial charge in [-0.15, -0.1) is 10.2 Å². The Hall–Kier alpha value is -3.17. The van der Waals surface area contributed by atoms with Crippen molar-refractivity contribution in [3.63, 3.8) is 0 Å². The fourth-order valence-corrected chi connectivity index (χ4v) is 4.49. The first-order valence-electron chi connectivity index (χ1n) is 9.14. The summed E-state index contributed by atoms with van der Waals surface area (Å²) in [5, 5.41) is 13.0. The van der Waals surface area contributed by atoms with Crippen molar-refractivity contribution in [3.05, 3.63) is 76.5 Å². The number of hydrogen-bond acceptors (Lipinski definition) is 7. The summed E-state index contributed by atoms with van der Waals surface area (Å²) < 4.78 is 7.17. The van der Waals surface area contributed by atoms with Crippen molar-refractivity contribution in [2.24, 2.45) is 0 Å². The van der Waals surface area contributed by atoms with E-state index in [0.717, 1.165) is 21.6 Å². The normalized spacial score (nSPS) is 10.7. The molecule has 1 N–H and O–H groups in total. The number of anilines is 1. The highest BCUT2D eigenvalue weighted by molar-refractivity contribution is 7.98. The maximum absolute atomic E-state index is 12.4. The molecule has 2 heterocycles. The molecule has 0 saturated carbocycles. The number of carbonyl (C=O) groups excluding carboxylic acids is 1. The molecule has 0 radical (unpaired) electrons. The summed E-state index contributed by atoms with van der Waals surface area (Å²) in [4.78, 5) is 16.9. The van der Waals surface area contributed by atoms with E-state index in [1.165, 1.54) is 16.9 Å². The molecule has 0 aliphatic heterocycles. The van der Waals surface area contributed by atoms with Crippen molar-refractivity contribution in [2.45, 2.75) is 17.8 Å². The van der Waals surface area contributed by atoms with Crippen molar-refractivity contribution in [1.29, 1.82) is 0 Å². The van der Waals surface area contributed by atoms with E-state index in [0.29, 0.717) is 16.4 Å². The second-order valence-electron chi connectivity index (χ2n) is 6.34. The van der Waals surface area contributed by atoms with E-state index >= 15 is 0 Å². The van der Waals surface area contributed by atoms with Crippen LogP contribution in [-0.4, -0.2) is 32.8 Å². The van der Waals surface area contributed by atoms with Gasteiger partial charge in [0.25, 0.3) is 5.91 Å². The summed E-state index contributed by atoms with van der Waals surface area (Å²) in [6, 6.07) is 15.3. The number of aromatic nitrogens is 4. The minimum absolute atomic E-state index is 0.282. The second kappa shape index (κ2) is 9.10. The predicted molar refractivity (Wildman–Crippen MR) is 119 cm³/mol. The lowest BCUT2D eigenvalue weighted by Crippen LogP contribution is -2.11.